The maximum Gasteiger partial charge on any atom is 0.226 e. The largest absolute Gasteiger partial charge is 0.339 e. The molecule has 2 saturated heterocycles. The van der Waals surface area contributed by atoms with E-state index in [1.165, 1.54) is 38.5 Å². The van der Waals surface area contributed by atoms with Crippen LogP contribution in [0.25, 0.3) is 0 Å². The summed E-state index contributed by atoms with van der Waals surface area (Å²) in [4.78, 5) is 15.2. The highest BCUT2D eigenvalue weighted by Crippen LogP contribution is 2.59. The molecule has 0 bridgehead atoms. The van der Waals surface area contributed by atoms with Gasteiger partial charge in [-0.15, -0.1) is 12.4 Å². The van der Waals surface area contributed by atoms with Crippen LogP contribution in [0.4, 0.5) is 0 Å². The summed E-state index contributed by atoms with van der Waals surface area (Å²) in [5, 5.41) is 3.43. The lowest BCUT2D eigenvalue weighted by molar-refractivity contribution is -0.138. The maximum atomic E-state index is 13.0. The predicted octanol–water partition coefficient (Wildman–Crippen LogP) is 3.23. The van der Waals surface area contributed by atoms with Crippen LogP contribution in [0.3, 0.4) is 0 Å². The topological polar surface area (TPSA) is 32.3 Å². The summed E-state index contributed by atoms with van der Waals surface area (Å²) >= 11 is 0. The lowest BCUT2D eigenvalue weighted by Crippen LogP contribution is -2.48. The Morgan fingerprint density at radius 2 is 2.05 bits per heavy atom. The van der Waals surface area contributed by atoms with Gasteiger partial charge in [-0.05, 0) is 62.9 Å². The molecule has 1 N–H and O–H groups in total. The van der Waals surface area contributed by atoms with Gasteiger partial charge in [-0.2, -0.15) is 0 Å². The minimum Gasteiger partial charge on any atom is -0.339 e. The number of hydrogen-bond donors (Lipinski definition) is 1. The molecule has 1 saturated carbocycles. The number of piperidine rings is 2. The summed E-state index contributed by atoms with van der Waals surface area (Å²) in [5.74, 6) is 1.51. The van der Waals surface area contributed by atoms with Gasteiger partial charge in [0.2, 0.25) is 5.91 Å². The van der Waals surface area contributed by atoms with Crippen LogP contribution in [-0.2, 0) is 4.79 Å². The number of carbonyl (C=O) groups excluding carboxylic acids is 1. The number of carbonyl (C=O) groups is 1. The quantitative estimate of drug-likeness (QED) is 0.867. The highest BCUT2D eigenvalue weighted by atomic mass is 35.5. The molecule has 1 amide bonds. The Balaban J connectivity index is 0.00000161. The SMILES string of the molecule is CCC(C)C1CCCCN1C(=O)C1CC12CCNCC2.Cl. The molecule has 0 aromatic heterocycles. The van der Waals surface area contributed by atoms with Crippen LogP contribution in [-0.4, -0.2) is 36.5 Å². The monoisotopic (exact) mass is 314 g/mol. The van der Waals surface area contributed by atoms with Crippen LogP contribution in [0.2, 0.25) is 0 Å². The Bertz CT molecular complexity index is 368. The van der Waals surface area contributed by atoms with Gasteiger partial charge < -0.3 is 10.2 Å². The zero-order valence-electron chi connectivity index (χ0n) is 13.6. The molecule has 1 spiro atoms. The Hall–Kier alpha value is -0.280. The van der Waals surface area contributed by atoms with Crippen LogP contribution in [0.5, 0.6) is 0 Å². The number of nitrogens with one attached hydrogen (secondary N) is 1. The third kappa shape index (κ3) is 3.24. The van der Waals surface area contributed by atoms with Crippen molar-refractivity contribution in [2.45, 2.75) is 64.8 Å². The molecule has 3 nitrogen and oxygen atoms in total. The van der Waals surface area contributed by atoms with Gasteiger partial charge in [-0.3, -0.25) is 4.79 Å². The van der Waals surface area contributed by atoms with Crippen molar-refractivity contribution in [3.8, 4) is 0 Å². The van der Waals surface area contributed by atoms with Crippen LogP contribution in [0.1, 0.15) is 58.8 Å². The number of likely N-dealkylation sites (tertiary alicyclic amines) is 1. The number of rotatable bonds is 3. The lowest BCUT2D eigenvalue weighted by Gasteiger charge is -2.40. The first-order valence-electron chi connectivity index (χ1n) is 8.69. The molecule has 2 heterocycles. The predicted molar refractivity (Wildman–Crippen MR) is 88.7 cm³/mol. The van der Waals surface area contributed by atoms with Crippen molar-refractivity contribution in [2.75, 3.05) is 19.6 Å². The molecule has 3 aliphatic rings. The van der Waals surface area contributed by atoms with Crippen molar-refractivity contribution in [3.63, 3.8) is 0 Å². The summed E-state index contributed by atoms with van der Waals surface area (Å²) < 4.78 is 0. The molecular weight excluding hydrogens is 284 g/mol. The van der Waals surface area contributed by atoms with Gasteiger partial charge >= 0.3 is 0 Å². The first kappa shape index (κ1) is 17.1. The number of nitrogens with zero attached hydrogens (tertiary/aromatic N) is 1. The van der Waals surface area contributed by atoms with Crippen molar-refractivity contribution < 1.29 is 4.79 Å². The van der Waals surface area contributed by atoms with Gasteiger partial charge in [0.15, 0.2) is 0 Å². The summed E-state index contributed by atoms with van der Waals surface area (Å²) in [7, 11) is 0. The number of hydrogen-bond acceptors (Lipinski definition) is 2. The van der Waals surface area contributed by atoms with Crippen molar-refractivity contribution >= 4 is 18.3 Å². The first-order valence-corrected chi connectivity index (χ1v) is 8.69. The van der Waals surface area contributed by atoms with E-state index in [-0.39, 0.29) is 12.4 Å². The second-order valence-electron chi connectivity index (χ2n) is 7.35. The Kier molecular flexibility index (Phi) is 5.59. The molecule has 0 aromatic carbocycles. The van der Waals surface area contributed by atoms with Gasteiger partial charge in [0.05, 0.1) is 0 Å². The smallest absolute Gasteiger partial charge is 0.226 e. The molecule has 4 heteroatoms. The minimum atomic E-state index is 0. The van der Waals surface area contributed by atoms with Crippen molar-refractivity contribution in [1.29, 1.82) is 0 Å². The second-order valence-corrected chi connectivity index (χ2v) is 7.35. The Morgan fingerprint density at radius 1 is 1.33 bits per heavy atom. The van der Waals surface area contributed by atoms with E-state index >= 15 is 0 Å². The van der Waals surface area contributed by atoms with Crippen molar-refractivity contribution in [1.82, 2.24) is 10.2 Å². The lowest BCUT2D eigenvalue weighted by atomic mass is 9.88. The molecule has 1 aliphatic carbocycles. The summed E-state index contributed by atoms with van der Waals surface area (Å²) in [6, 6.07) is 0.514. The minimum absolute atomic E-state index is 0. The van der Waals surface area contributed by atoms with E-state index in [1.807, 2.05) is 0 Å². The molecule has 0 radical (unpaired) electrons. The third-order valence-electron chi connectivity index (χ3n) is 6.22. The molecule has 122 valence electrons. The summed E-state index contributed by atoms with van der Waals surface area (Å²) in [6.45, 7) is 7.81. The van der Waals surface area contributed by atoms with E-state index in [2.05, 4.69) is 24.1 Å². The molecule has 3 rings (SSSR count). The molecular formula is C17H31ClN2O. The molecule has 3 unspecified atom stereocenters. The average Bonchev–Trinajstić information content (AvgIpc) is 3.19. The van der Waals surface area contributed by atoms with Gasteiger partial charge in [-0.1, -0.05) is 20.3 Å². The van der Waals surface area contributed by atoms with E-state index in [4.69, 9.17) is 0 Å². The van der Waals surface area contributed by atoms with Gasteiger partial charge in [0.1, 0.15) is 0 Å². The Labute approximate surface area is 135 Å². The number of halogens is 1. The van der Waals surface area contributed by atoms with Crippen LogP contribution >= 0.6 is 12.4 Å². The van der Waals surface area contributed by atoms with E-state index in [0.29, 0.717) is 29.2 Å². The van der Waals surface area contributed by atoms with E-state index in [1.54, 1.807) is 0 Å². The number of amides is 1. The zero-order valence-corrected chi connectivity index (χ0v) is 14.4. The van der Waals surface area contributed by atoms with Gasteiger partial charge in [0, 0.05) is 18.5 Å². The standard InChI is InChI=1S/C17H30N2O.ClH/c1-3-13(2)15-6-4-5-11-19(15)16(20)14-12-17(14)7-9-18-10-8-17;/h13-15,18H,3-12H2,1-2H3;1H. The molecule has 21 heavy (non-hydrogen) atoms. The summed E-state index contributed by atoms with van der Waals surface area (Å²) in [5.41, 5.74) is 0.389. The van der Waals surface area contributed by atoms with Crippen LogP contribution in [0, 0.1) is 17.3 Å². The van der Waals surface area contributed by atoms with Gasteiger partial charge in [-0.25, -0.2) is 0 Å². The molecule has 3 fully saturated rings. The molecule has 0 aromatic rings. The first-order chi connectivity index (χ1) is 9.68. The van der Waals surface area contributed by atoms with E-state index in [9.17, 15) is 4.79 Å². The summed E-state index contributed by atoms with van der Waals surface area (Å²) in [6.07, 6.45) is 8.52. The molecule has 3 atom stereocenters. The zero-order chi connectivity index (χ0) is 14.2. The molecule has 2 aliphatic heterocycles. The maximum absolute atomic E-state index is 13.0. The third-order valence-corrected chi connectivity index (χ3v) is 6.22. The Morgan fingerprint density at radius 3 is 2.71 bits per heavy atom. The van der Waals surface area contributed by atoms with Crippen molar-refractivity contribution in [2.24, 2.45) is 17.3 Å². The fraction of sp³-hybridized carbons (Fsp3) is 0.941. The normalized spacial score (nSPS) is 32.4. The van der Waals surface area contributed by atoms with E-state index < -0.39 is 0 Å². The van der Waals surface area contributed by atoms with Crippen LogP contribution in [0.15, 0.2) is 0 Å². The van der Waals surface area contributed by atoms with E-state index in [0.717, 1.165) is 26.1 Å². The average molecular weight is 315 g/mol. The van der Waals surface area contributed by atoms with Gasteiger partial charge in [0.25, 0.3) is 0 Å². The van der Waals surface area contributed by atoms with Crippen molar-refractivity contribution in [3.05, 3.63) is 0 Å². The highest BCUT2D eigenvalue weighted by Gasteiger charge is 2.59. The fourth-order valence-corrected chi connectivity index (χ4v) is 4.47. The second kappa shape index (κ2) is 6.87. The van der Waals surface area contributed by atoms with Crippen LogP contribution < -0.4 is 5.32 Å². The fourth-order valence-electron chi connectivity index (χ4n) is 4.47. The highest BCUT2D eigenvalue weighted by molar-refractivity contribution is 5.85.